The van der Waals surface area contributed by atoms with Crippen molar-refractivity contribution in [2.75, 3.05) is 0 Å². The molecule has 1 heterocycles. The highest BCUT2D eigenvalue weighted by Gasteiger charge is 2.13. The average molecular weight is 141 g/mol. The second-order valence-electron chi connectivity index (χ2n) is 2.32. The van der Waals surface area contributed by atoms with Crippen LogP contribution in [-0.4, -0.2) is 11.1 Å². The van der Waals surface area contributed by atoms with Gasteiger partial charge in [-0.3, -0.25) is 0 Å². The van der Waals surface area contributed by atoms with Gasteiger partial charge in [-0.05, 0) is 19.1 Å². The van der Waals surface area contributed by atoms with Crippen LogP contribution in [0.3, 0.4) is 0 Å². The van der Waals surface area contributed by atoms with E-state index in [2.05, 4.69) is 0 Å². The molecule has 0 bridgehead atoms. The Bertz CT molecular complexity index is 181. The third-order valence-electron chi connectivity index (χ3n) is 1.33. The third kappa shape index (κ3) is 1.37. The first-order valence-electron chi connectivity index (χ1n) is 3.19. The first-order valence-corrected chi connectivity index (χ1v) is 3.19. The standard InChI is InChI=1S/C7H11NO2/c1-5(8)7(9)6-3-2-4-10-6/h2-5,7,9H,8H2,1H3. The summed E-state index contributed by atoms with van der Waals surface area (Å²) in [6.07, 6.45) is 0.830. The first kappa shape index (κ1) is 7.31. The molecule has 56 valence electrons. The van der Waals surface area contributed by atoms with E-state index in [1.807, 2.05) is 0 Å². The topological polar surface area (TPSA) is 59.4 Å². The van der Waals surface area contributed by atoms with Crippen molar-refractivity contribution in [2.24, 2.45) is 5.73 Å². The Morgan fingerprint density at radius 3 is 2.80 bits per heavy atom. The molecule has 0 aliphatic heterocycles. The van der Waals surface area contributed by atoms with Gasteiger partial charge in [0.25, 0.3) is 0 Å². The maximum Gasteiger partial charge on any atom is 0.133 e. The molecule has 0 aliphatic rings. The lowest BCUT2D eigenvalue weighted by Crippen LogP contribution is -2.23. The van der Waals surface area contributed by atoms with E-state index in [9.17, 15) is 5.11 Å². The molecular formula is C7H11NO2. The quantitative estimate of drug-likeness (QED) is 0.636. The molecule has 0 fully saturated rings. The summed E-state index contributed by atoms with van der Waals surface area (Å²) in [7, 11) is 0. The number of nitrogens with two attached hydrogens (primary N) is 1. The van der Waals surface area contributed by atoms with E-state index in [0.29, 0.717) is 5.76 Å². The minimum Gasteiger partial charge on any atom is -0.467 e. The Morgan fingerprint density at radius 1 is 1.70 bits per heavy atom. The van der Waals surface area contributed by atoms with Gasteiger partial charge in [0.05, 0.1) is 6.26 Å². The summed E-state index contributed by atoms with van der Waals surface area (Å²) in [6, 6.07) is 3.14. The summed E-state index contributed by atoms with van der Waals surface area (Å²) >= 11 is 0. The lowest BCUT2D eigenvalue weighted by atomic mass is 10.1. The minimum atomic E-state index is -0.685. The second-order valence-corrected chi connectivity index (χ2v) is 2.32. The molecule has 0 amide bonds. The minimum absolute atomic E-state index is 0.286. The van der Waals surface area contributed by atoms with Crippen LogP contribution in [0.2, 0.25) is 0 Å². The lowest BCUT2D eigenvalue weighted by Gasteiger charge is -2.10. The summed E-state index contributed by atoms with van der Waals surface area (Å²) in [5.74, 6) is 0.523. The highest BCUT2D eigenvalue weighted by molar-refractivity contribution is 5.03. The van der Waals surface area contributed by atoms with Crippen molar-refractivity contribution in [3.05, 3.63) is 24.2 Å². The third-order valence-corrected chi connectivity index (χ3v) is 1.33. The van der Waals surface area contributed by atoms with E-state index >= 15 is 0 Å². The predicted molar refractivity (Wildman–Crippen MR) is 37.3 cm³/mol. The molecule has 2 atom stereocenters. The van der Waals surface area contributed by atoms with Gasteiger partial charge >= 0.3 is 0 Å². The van der Waals surface area contributed by atoms with Gasteiger partial charge in [0.1, 0.15) is 11.9 Å². The van der Waals surface area contributed by atoms with E-state index < -0.39 is 6.10 Å². The molecule has 1 aromatic heterocycles. The first-order chi connectivity index (χ1) is 4.72. The zero-order chi connectivity index (χ0) is 7.56. The van der Waals surface area contributed by atoms with E-state index in [4.69, 9.17) is 10.2 Å². The van der Waals surface area contributed by atoms with E-state index in [0.717, 1.165) is 0 Å². The largest absolute Gasteiger partial charge is 0.467 e. The number of furan rings is 1. The Hall–Kier alpha value is -0.800. The maximum atomic E-state index is 9.27. The molecule has 1 aromatic rings. The smallest absolute Gasteiger partial charge is 0.133 e. The highest BCUT2D eigenvalue weighted by atomic mass is 16.4. The van der Waals surface area contributed by atoms with Crippen LogP contribution in [0.1, 0.15) is 18.8 Å². The monoisotopic (exact) mass is 141 g/mol. The summed E-state index contributed by atoms with van der Waals surface area (Å²) in [4.78, 5) is 0. The molecule has 3 nitrogen and oxygen atoms in total. The molecule has 0 spiro atoms. The molecule has 2 unspecified atom stereocenters. The molecule has 1 rings (SSSR count). The molecule has 0 aliphatic carbocycles. The van der Waals surface area contributed by atoms with Gasteiger partial charge in [-0.25, -0.2) is 0 Å². The van der Waals surface area contributed by atoms with Gasteiger partial charge in [0.15, 0.2) is 0 Å². The SMILES string of the molecule is CC(N)C(O)c1ccco1. The number of rotatable bonds is 2. The molecule has 0 aromatic carbocycles. The zero-order valence-corrected chi connectivity index (χ0v) is 5.82. The van der Waals surface area contributed by atoms with Crippen LogP contribution in [0.5, 0.6) is 0 Å². The summed E-state index contributed by atoms with van der Waals surface area (Å²) in [6.45, 7) is 1.73. The van der Waals surface area contributed by atoms with Gasteiger partial charge in [0, 0.05) is 6.04 Å². The summed E-state index contributed by atoms with van der Waals surface area (Å²) < 4.78 is 4.93. The van der Waals surface area contributed by atoms with Gasteiger partial charge in [-0.15, -0.1) is 0 Å². The number of aliphatic hydroxyl groups is 1. The normalized spacial score (nSPS) is 16.7. The molecule has 0 saturated heterocycles. The van der Waals surface area contributed by atoms with Crippen molar-refractivity contribution in [1.29, 1.82) is 0 Å². The fourth-order valence-corrected chi connectivity index (χ4v) is 0.719. The van der Waals surface area contributed by atoms with E-state index in [1.165, 1.54) is 6.26 Å². The van der Waals surface area contributed by atoms with Gasteiger partial charge in [-0.1, -0.05) is 0 Å². The van der Waals surface area contributed by atoms with Gasteiger partial charge < -0.3 is 15.3 Å². The van der Waals surface area contributed by atoms with Crippen molar-refractivity contribution in [2.45, 2.75) is 19.1 Å². The lowest BCUT2D eigenvalue weighted by molar-refractivity contribution is 0.127. The van der Waals surface area contributed by atoms with Crippen molar-refractivity contribution in [3.63, 3.8) is 0 Å². The highest BCUT2D eigenvalue weighted by Crippen LogP contribution is 2.14. The molecule has 3 heteroatoms. The molecule has 0 saturated carbocycles. The summed E-state index contributed by atoms with van der Waals surface area (Å²) in [5.41, 5.74) is 5.42. The van der Waals surface area contributed by atoms with E-state index in [1.54, 1.807) is 19.1 Å². The Morgan fingerprint density at radius 2 is 2.40 bits per heavy atom. The van der Waals surface area contributed by atoms with Crippen LogP contribution < -0.4 is 5.73 Å². The van der Waals surface area contributed by atoms with Crippen LogP contribution in [-0.2, 0) is 0 Å². The Kier molecular flexibility index (Phi) is 2.09. The van der Waals surface area contributed by atoms with Crippen LogP contribution >= 0.6 is 0 Å². The number of aliphatic hydroxyl groups excluding tert-OH is 1. The van der Waals surface area contributed by atoms with Gasteiger partial charge in [-0.2, -0.15) is 0 Å². The van der Waals surface area contributed by atoms with Crippen LogP contribution in [0.15, 0.2) is 22.8 Å². The maximum absolute atomic E-state index is 9.27. The fourth-order valence-electron chi connectivity index (χ4n) is 0.719. The Labute approximate surface area is 59.5 Å². The Balaban J connectivity index is 2.68. The summed E-state index contributed by atoms with van der Waals surface area (Å²) in [5, 5.41) is 9.27. The average Bonchev–Trinajstić information content (AvgIpc) is 2.36. The van der Waals surface area contributed by atoms with Gasteiger partial charge in [0.2, 0.25) is 0 Å². The van der Waals surface area contributed by atoms with Crippen molar-refractivity contribution >= 4 is 0 Å². The number of hydrogen-bond donors (Lipinski definition) is 2. The molecule has 0 radical (unpaired) electrons. The molecular weight excluding hydrogens is 130 g/mol. The fraction of sp³-hybridized carbons (Fsp3) is 0.429. The van der Waals surface area contributed by atoms with Crippen LogP contribution in [0, 0.1) is 0 Å². The van der Waals surface area contributed by atoms with Crippen LogP contribution in [0.25, 0.3) is 0 Å². The molecule has 10 heavy (non-hydrogen) atoms. The van der Waals surface area contributed by atoms with Crippen molar-refractivity contribution in [3.8, 4) is 0 Å². The van der Waals surface area contributed by atoms with Crippen LogP contribution in [0.4, 0.5) is 0 Å². The van der Waals surface area contributed by atoms with Crippen molar-refractivity contribution in [1.82, 2.24) is 0 Å². The zero-order valence-electron chi connectivity index (χ0n) is 5.82. The number of hydrogen-bond acceptors (Lipinski definition) is 3. The predicted octanol–water partition coefficient (Wildman–Crippen LogP) is 0.660. The molecule has 3 N–H and O–H groups in total. The van der Waals surface area contributed by atoms with Crippen molar-refractivity contribution < 1.29 is 9.52 Å². The van der Waals surface area contributed by atoms with E-state index in [-0.39, 0.29) is 6.04 Å². The second kappa shape index (κ2) is 2.86.